The predicted molar refractivity (Wildman–Crippen MR) is 242 cm³/mol. The summed E-state index contributed by atoms with van der Waals surface area (Å²) in [4.78, 5) is 78.7. The molecule has 0 aliphatic carbocycles. The van der Waals surface area contributed by atoms with Gasteiger partial charge in [0.05, 0.1) is 56.6 Å². The van der Waals surface area contributed by atoms with Crippen LogP contribution in [-0.2, 0) is 48.4 Å². The third kappa shape index (κ3) is 11.6. The number of sulfonamides is 1. The maximum atomic E-state index is 13.9. The van der Waals surface area contributed by atoms with Gasteiger partial charge in [-0.1, -0.05) is 17.3 Å². The van der Waals surface area contributed by atoms with Gasteiger partial charge < -0.3 is 30.7 Å². The molecule has 69 heavy (non-hydrogen) atoms. The van der Waals surface area contributed by atoms with Gasteiger partial charge >= 0.3 is 6.18 Å². The molecule has 0 saturated carbocycles. The summed E-state index contributed by atoms with van der Waals surface area (Å²) in [5.74, 6) is -3.33. The molecule has 1 saturated heterocycles. The summed E-state index contributed by atoms with van der Waals surface area (Å²) < 4.78 is 79.6. The fourth-order valence-corrected chi connectivity index (χ4v) is 7.79. The first-order chi connectivity index (χ1) is 32.9. The van der Waals surface area contributed by atoms with E-state index in [1.807, 2.05) is 0 Å². The average Bonchev–Trinajstić information content (AvgIpc) is 3.89. The normalized spacial score (nSPS) is 15.1. The number of piperidine rings is 1. The van der Waals surface area contributed by atoms with E-state index in [0.29, 0.717) is 35.4 Å². The van der Waals surface area contributed by atoms with Crippen molar-refractivity contribution in [2.24, 2.45) is 0 Å². The number of nitrogens with zero attached hydrogens (tertiary/aromatic N) is 9. The van der Waals surface area contributed by atoms with Crippen LogP contribution in [0.3, 0.4) is 0 Å². The fraction of sp³-hybridized carbons (Fsp3) is 0.349. The molecule has 3 aromatic heterocycles. The number of anilines is 6. The van der Waals surface area contributed by atoms with Gasteiger partial charge in [-0.15, -0.1) is 5.10 Å². The summed E-state index contributed by atoms with van der Waals surface area (Å²) >= 11 is 0. The van der Waals surface area contributed by atoms with Crippen LogP contribution in [0.25, 0.3) is 0 Å². The molecule has 5 amide bonds. The van der Waals surface area contributed by atoms with Crippen molar-refractivity contribution < 1.29 is 55.0 Å². The average molecular weight is 978 g/mol. The first-order valence-corrected chi connectivity index (χ1v) is 23.2. The van der Waals surface area contributed by atoms with Gasteiger partial charge in [-0.05, 0) is 55.8 Å². The Morgan fingerprint density at radius 1 is 0.928 bits per heavy atom. The van der Waals surface area contributed by atoms with E-state index in [2.05, 4.69) is 46.5 Å². The van der Waals surface area contributed by atoms with E-state index < -0.39 is 57.3 Å². The molecule has 7 rings (SSSR count). The number of pyridine rings is 1. The number of fused-ring (bicyclic) bond motifs is 1. The number of amides is 5. The van der Waals surface area contributed by atoms with E-state index in [-0.39, 0.29) is 93.4 Å². The highest BCUT2D eigenvalue weighted by Crippen LogP contribution is 2.36. The lowest BCUT2D eigenvalue weighted by atomic mass is 10.0. The Morgan fingerprint density at radius 2 is 1.67 bits per heavy atom. The molecule has 2 aromatic carbocycles. The van der Waals surface area contributed by atoms with E-state index in [1.165, 1.54) is 42.3 Å². The molecular formula is C43H46F3N13O9S. The number of imide groups is 2. The second kappa shape index (κ2) is 21.2. The zero-order valence-electron chi connectivity index (χ0n) is 37.3. The lowest BCUT2D eigenvalue weighted by Crippen LogP contribution is -2.55. The Kier molecular flexibility index (Phi) is 15.1. The number of alkyl halides is 3. The summed E-state index contributed by atoms with van der Waals surface area (Å²) in [5.41, 5.74) is 0.700. The molecule has 4 N–H and O–H groups in total. The molecule has 0 spiro atoms. The van der Waals surface area contributed by atoms with Crippen molar-refractivity contribution in [3.8, 4) is 0 Å². The monoisotopic (exact) mass is 977 g/mol. The minimum absolute atomic E-state index is 0.0255. The largest absolute Gasteiger partial charge is 0.421 e. The SMILES string of the molecule is CCN1C(=O)CCC(N2C(=O)c3cccc(NCCOCCOCCn4cc(C(=O)Nc5ccc(Nc6ncc(C(F)(F)F)c(NCc7cccnc7N(C)S(C)(=O)=O)n6)cc5)nn4)c3C2=O)C1=O. The molecule has 0 radical (unpaired) electrons. The van der Waals surface area contributed by atoms with Crippen LogP contribution < -0.4 is 25.6 Å². The first-order valence-electron chi connectivity index (χ1n) is 21.3. The summed E-state index contributed by atoms with van der Waals surface area (Å²) in [6.45, 7) is 3.10. The van der Waals surface area contributed by atoms with Crippen molar-refractivity contribution >= 4 is 74.2 Å². The van der Waals surface area contributed by atoms with Gasteiger partial charge in [0, 0.05) is 68.1 Å². The van der Waals surface area contributed by atoms with Crippen molar-refractivity contribution in [1.29, 1.82) is 0 Å². The quantitative estimate of drug-likeness (QED) is 0.0602. The van der Waals surface area contributed by atoms with Crippen LogP contribution in [0.5, 0.6) is 0 Å². The molecule has 364 valence electrons. The van der Waals surface area contributed by atoms with Crippen LogP contribution in [0.2, 0.25) is 0 Å². The van der Waals surface area contributed by atoms with Gasteiger partial charge in [-0.25, -0.2) is 23.1 Å². The zero-order chi connectivity index (χ0) is 49.5. The topological polar surface area (TPSA) is 265 Å². The van der Waals surface area contributed by atoms with Crippen molar-refractivity contribution in [2.45, 2.75) is 45.1 Å². The minimum Gasteiger partial charge on any atom is -0.382 e. The van der Waals surface area contributed by atoms with Crippen LogP contribution >= 0.6 is 0 Å². The van der Waals surface area contributed by atoms with E-state index in [1.54, 1.807) is 43.3 Å². The summed E-state index contributed by atoms with van der Waals surface area (Å²) in [6.07, 6.45) is -0.281. The number of halogens is 3. The zero-order valence-corrected chi connectivity index (χ0v) is 38.1. The molecule has 1 fully saturated rings. The number of carbonyl (C=O) groups is 5. The predicted octanol–water partition coefficient (Wildman–Crippen LogP) is 3.76. The number of hydrogen-bond donors (Lipinski definition) is 4. The van der Waals surface area contributed by atoms with Crippen molar-refractivity contribution in [1.82, 2.24) is 39.7 Å². The molecule has 1 unspecified atom stereocenters. The number of nitrogens with one attached hydrogen (secondary N) is 4. The van der Waals surface area contributed by atoms with Crippen LogP contribution in [0.1, 0.15) is 62.1 Å². The number of aromatic nitrogens is 6. The number of carbonyl (C=O) groups excluding carboxylic acids is 5. The lowest BCUT2D eigenvalue weighted by Gasteiger charge is -2.33. The standard InChI is InChI=1S/C43H46F3N13O9S/c1-4-58-34(60)15-14-33(40(58)63)59-39(62)29-8-5-9-31(35(29)41(59)64)47-17-19-67-21-22-68-20-18-57-25-32(54-55-57)38(61)51-27-10-12-28(13-11-27)52-42-50-24-30(43(44,45)46)36(53-42)49-23-26-7-6-16-48-37(26)56(2)69(3,65)66/h5-13,16,24-25,33,47H,4,14-15,17-23H2,1-3H3,(H,51,61)(H2,49,50,52,53). The first kappa shape index (κ1) is 49.3. The van der Waals surface area contributed by atoms with E-state index in [0.717, 1.165) is 20.4 Å². The van der Waals surface area contributed by atoms with E-state index in [9.17, 15) is 45.6 Å². The summed E-state index contributed by atoms with van der Waals surface area (Å²) in [6, 6.07) is 13.0. The van der Waals surface area contributed by atoms with E-state index >= 15 is 0 Å². The maximum absolute atomic E-state index is 13.9. The second-order valence-corrected chi connectivity index (χ2v) is 17.5. The van der Waals surface area contributed by atoms with Crippen LogP contribution in [0.15, 0.2) is 73.2 Å². The molecule has 26 heteroatoms. The van der Waals surface area contributed by atoms with Crippen molar-refractivity contribution in [2.75, 3.05) is 78.4 Å². The van der Waals surface area contributed by atoms with Crippen molar-refractivity contribution in [3.05, 3.63) is 101 Å². The lowest BCUT2D eigenvalue weighted by molar-refractivity contribution is -0.151. The van der Waals surface area contributed by atoms with Crippen molar-refractivity contribution in [3.63, 3.8) is 0 Å². The molecule has 5 aromatic rings. The van der Waals surface area contributed by atoms with Gasteiger partial charge in [-0.2, -0.15) is 18.2 Å². The highest BCUT2D eigenvalue weighted by molar-refractivity contribution is 7.92. The molecule has 5 heterocycles. The molecule has 22 nitrogen and oxygen atoms in total. The molecule has 0 bridgehead atoms. The molecule has 2 aliphatic heterocycles. The summed E-state index contributed by atoms with van der Waals surface area (Å²) in [5, 5.41) is 19.2. The molecule has 2 aliphatic rings. The highest BCUT2D eigenvalue weighted by Gasteiger charge is 2.47. The maximum Gasteiger partial charge on any atom is 0.421 e. The Labute approximate surface area is 392 Å². The molecule has 1 atom stereocenters. The second-order valence-electron chi connectivity index (χ2n) is 15.4. The fourth-order valence-electron chi connectivity index (χ4n) is 7.31. The minimum atomic E-state index is -4.81. The van der Waals surface area contributed by atoms with Gasteiger partial charge in [0.1, 0.15) is 23.2 Å². The number of likely N-dealkylation sites (N-methyl/N-ethyl adjacent to an activating group) is 1. The van der Waals surface area contributed by atoms with Gasteiger partial charge in [0.25, 0.3) is 23.6 Å². The number of hydrogen-bond acceptors (Lipinski definition) is 17. The molecular weight excluding hydrogens is 932 g/mol. The van der Waals surface area contributed by atoms with Gasteiger partial charge in [0.2, 0.25) is 21.9 Å². The van der Waals surface area contributed by atoms with Gasteiger partial charge in [-0.3, -0.25) is 38.1 Å². The van der Waals surface area contributed by atoms with E-state index in [4.69, 9.17) is 9.47 Å². The van der Waals surface area contributed by atoms with Crippen LogP contribution in [-0.4, -0.2) is 137 Å². The number of ether oxygens (including phenoxy) is 2. The Morgan fingerprint density at radius 3 is 2.39 bits per heavy atom. The number of likely N-dealkylation sites (tertiary alicyclic amines) is 1. The Hall–Kier alpha value is -7.58. The van der Waals surface area contributed by atoms with Gasteiger partial charge in [0.15, 0.2) is 5.69 Å². The Bertz CT molecular complexity index is 2850. The number of rotatable bonds is 21. The summed E-state index contributed by atoms with van der Waals surface area (Å²) in [7, 11) is -2.43. The third-order valence-electron chi connectivity index (χ3n) is 10.8. The smallest absolute Gasteiger partial charge is 0.382 e. The highest BCUT2D eigenvalue weighted by atomic mass is 32.2. The Balaban J connectivity index is 0.822. The number of benzene rings is 2. The van der Waals surface area contributed by atoms with Crippen LogP contribution in [0, 0.1) is 0 Å². The third-order valence-corrected chi connectivity index (χ3v) is 12.0. The van der Waals surface area contributed by atoms with Crippen LogP contribution in [0.4, 0.5) is 47.8 Å².